The SMILES string of the molecule is C=C/C=C\C(=C/C)N(CC=C)C(=C)C=C. The fourth-order valence-corrected chi connectivity index (χ4v) is 1.14. The van der Waals surface area contributed by atoms with Gasteiger partial charge in [0.25, 0.3) is 0 Å². The highest BCUT2D eigenvalue weighted by molar-refractivity contribution is 5.28. The second-order valence-corrected chi connectivity index (χ2v) is 2.90. The lowest BCUT2D eigenvalue weighted by Gasteiger charge is -2.24. The molecule has 0 radical (unpaired) electrons. The zero-order chi connectivity index (χ0) is 11.7. The first-order valence-corrected chi connectivity index (χ1v) is 4.86. The lowest BCUT2D eigenvalue weighted by atomic mass is 10.2. The summed E-state index contributed by atoms with van der Waals surface area (Å²) in [4.78, 5) is 2.03. The normalized spacial score (nSPS) is 11.1. The predicted molar refractivity (Wildman–Crippen MR) is 69.3 cm³/mol. The summed E-state index contributed by atoms with van der Waals surface area (Å²) in [5.74, 6) is 0. The zero-order valence-electron chi connectivity index (χ0n) is 9.45. The van der Waals surface area contributed by atoms with E-state index in [1.54, 1.807) is 12.2 Å². The van der Waals surface area contributed by atoms with Gasteiger partial charge in [0.05, 0.1) is 0 Å². The van der Waals surface area contributed by atoms with Gasteiger partial charge in [-0.25, -0.2) is 0 Å². The number of allylic oxidation sites excluding steroid dienone is 5. The number of rotatable bonds is 7. The molecule has 0 aromatic carbocycles. The molecule has 0 saturated carbocycles. The van der Waals surface area contributed by atoms with E-state index in [-0.39, 0.29) is 0 Å². The van der Waals surface area contributed by atoms with Crippen LogP contribution in [0.4, 0.5) is 0 Å². The Morgan fingerprint density at radius 2 is 1.93 bits per heavy atom. The van der Waals surface area contributed by atoms with Gasteiger partial charge in [0.1, 0.15) is 0 Å². The molecule has 0 aliphatic rings. The fraction of sp³-hybridized carbons (Fsp3) is 0.143. The Hall–Kier alpha value is -1.76. The molecular weight excluding hydrogens is 182 g/mol. The average molecular weight is 201 g/mol. The summed E-state index contributed by atoms with van der Waals surface area (Å²) < 4.78 is 0. The molecule has 0 spiro atoms. The van der Waals surface area contributed by atoms with Crippen LogP contribution >= 0.6 is 0 Å². The van der Waals surface area contributed by atoms with Crippen LogP contribution in [0.3, 0.4) is 0 Å². The maximum atomic E-state index is 3.93. The van der Waals surface area contributed by atoms with Crippen molar-refractivity contribution in [1.82, 2.24) is 4.90 Å². The van der Waals surface area contributed by atoms with Crippen molar-refractivity contribution in [2.24, 2.45) is 0 Å². The van der Waals surface area contributed by atoms with Crippen molar-refractivity contribution in [3.05, 3.63) is 74.2 Å². The predicted octanol–water partition coefficient (Wildman–Crippen LogP) is 3.82. The molecule has 0 N–H and O–H groups in total. The number of hydrogen-bond acceptors (Lipinski definition) is 1. The van der Waals surface area contributed by atoms with Gasteiger partial charge in [-0.15, -0.1) is 6.58 Å². The van der Waals surface area contributed by atoms with Crippen LogP contribution < -0.4 is 0 Å². The average Bonchev–Trinajstić information content (AvgIpc) is 2.27. The van der Waals surface area contributed by atoms with Gasteiger partial charge in [-0.2, -0.15) is 0 Å². The Labute approximate surface area is 93.1 Å². The standard InChI is InChI=1S/C14H19N/c1-6-10-11-14(9-4)15(12-7-2)13(5)8-3/h6-11H,1-3,5,12H2,4H3/b11-10-,14-9+. The molecule has 0 aromatic heterocycles. The Balaban J connectivity index is 4.93. The van der Waals surface area contributed by atoms with E-state index in [9.17, 15) is 0 Å². The molecule has 0 bridgehead atoms. The van der Waals surface area contributed by atoms with E-state index in [1.165, 1.54) is 0 Å². The van der Waals surface area contributed by atoms with Crippen molar-refractivity contribution in [3.63, 3.8) is 0 Å². The van der Waals surface area contributed by atoms with Crippen molar-refractivity contribution in [2.75, 3.05) is 6.54 Å². The maximum Gasteiger partial charge on any atom is 0.0409 e. The van der Waals surface area contributed by atoms with Crippen LogP contribution in [0.15, 0.2) is 74.2 Å². The van der Waals surface area contributed by atoms with E-state index in [0.717, 1.165) is 11.4 Å². The third-order valence-corrected chi connectivity index (χ3v) is 1.90. The summed E-state index contributed by atoms with van der Waals surface area (Å²) in [6.45, 7) is 17.7. The molecule has 0 saturated heterocycles. The first-order chi connectivity index (χ1) is 7.21. The molecule has 0 unspecified atom stereocenters. The summed E-state index contributed by atoms with van der Waals surface area (Å²) in [5, 5.41) is 0. The molecule has 0 aliphatic heterocycles. The van der Waals surface area contributed by atoms with E-state index in [0.29, 0.717) is 6.54 Å². The molecule has 1 heteroatoms. The first kappa shape index (κ1) is 13.2. The molecule has 0 heterocycles. The number of hydrogen-bond donors (Lipinski definition) is 0. The number of nitrogens with zero attached hydrogens (tertiary/aromatic N) is 1. The van der Waals surface area contributed by atoms with Crippen LogP contribution in [0.25, 0.3) is 0 Å². The monoisotopic (exact) mass is 201 g/mol. The lowest BCUT2D eigenvalue weighted by molar-refractivity contribution is 0.504. The van der Waals surface area contributed by atoms with Crippen LogP contribution in [0.5, 0.6) is 0 Å². The van der Waals surface area contributed by atoms with Crippen molar-refractivity contribution < 1.29 is 0 Å². The fourth-order valence-electron chi connectivity index (χ4n) is 1.14. The largest absolute Gasteiger partial charge is 0.338 e. The van der Waals surface area contributed by atoms with Crippen molar-refractivity contribution in [2.45, 2.75) is 6.92 Å². The molecule has 0 atom stereocenters. The van der Waals surface area contributed by atoms with E-state index in [2.05, 4.69) is 26.3 Å². The minimum Gasteiger partial charge on any atom is -0.338 e. The Morgan fingerprint density at radius 1 is 1.27 bits per heavy atom. The highest BCUT2D eigenvalue weighted by Gasteiger charge is 2.05. The van der Waals surface area contributed by atoms with Crippen LogP contribution in [0.1, 0.15) is 6.92 Å². The van der Waals surface area contributed by atoms with Gasteiger partial charge in [0, 0.05) is 17.9 Å². The van der Waals surface area contributed by atoms with Gasteiger partial charge < -0.3 is 4.90 Å². The molecule has 0 aliphatic carbocycles. The minimum atomic E-state index is 0.714. The summed E-state index contributed by atoms with van der Waals surface area (Å²) >= 11 is 0. The van der Waals surface area contributed by atoms with Crippen molar-refractivity contribution in [1.29, 1.82) is 0 Å². The molecule has 80 valence electrons. The van der Waals surface area contributed by atoms with Crippen LogP contribution in [0, 0.1) is 0 Å². The molecule has 0 rings (SSSR count). The summed E-state index contributed by atoms with van der Waals surface area (Å²) in [5.41, 5.74) is 1.91. The smallest absolute Gasteiger partial charge is 0.0409 e. The van der Waals surface area contributed by atoms with E-state index in [1.807, 2.05) is 36.1 Å². The van der Waals surface area contributed by atoms with E-state index < -0.39 is 0 Å². The summed E-state index contributed by atoms with van der Waals surface area (Å²) in [6, 6.07) is 0. The Bertz CT molecular complexity index is 305. The molecule has 0 aromatic rings. The van der Waals surface area contributed by atoms with Crippen LogP contribution in [-0.2, 0) is 0 Å². The van der Waals surface area contributed by atoms with Gasteiger partial charge in [-0.05, 0) is 19.1 Å². The van der Waals surface area contributed by atoms with Crippen molar-refractivity contribution >= 4 is 0 Å². The lowest BCUT2D eigenvalue weighted by Crippen LogP contribution is -2.19. The molecule has 1 nitrogen and oxygen atoms in total. The van der Waals surface area contributed by atoms with Crippen LogP contribution in [-0.4, -0.2) is 11.4 Å². The second kappa shape index (κ2) is 7.63. The minimum absolute atomic E-state index is 0.714. The van der Waals surface area contributed by atoms with Gasteiger partial charge in [-0.3, -0.25) is 0 Å². The highest BCUT2D eigenvalue weighted by atomic mass is 15.1. The molecule has 15 heavy (non-hydrogen) atoms. The van der Waals surface area contributed by atoms with Gasteiger partial charge in [-0.1, -0.05) is 44.0 Å². The van der Waals surface area contributed by atoms with Gasteiger partial charge >= 0.3 is 0 Å². The first-order valence-electron chi connectivity index (χ1n) is 4.86. The topological polar surface area (TPSA) is 3.24 Å². The zero-order valence-corrected chi connectivity index (χ0v) is 9.45. The summed E-state index contributed by atoms with van der Waals surface area (Å²) in [6.07, 6.45) is 11.2. The quantitative estimate of drug-likeness (QED) is 0.447. The van der Waals surface area contributed by atoms with Gasteiger partial charge in [0.2, 0.25) is 0 Å². The van der Waals surface area contributed by atoms with Gasteiger partial charge in [0.15, 0.2) is 0 Å². The highest BCUT2D eigenvalue weighted by Crippen LogP contribution is 2.13. The van der Waals surface area contributed by atoms with E-state index in [4.69, 9.17) is 0 Å². The van der Waals surface area contributed by atoms with Crippen molar-refractivity contribution in [3.8, 4) is 0 Å². The Morgan fingerprint density at radius 3 is 2.33 bits per heavy atom. The third-order valence-electron chi connectivity index (χ3n) is 1.90. The second-order valence-electron chi connectivity index (χ2n) is 2.90. The summed E-state index contributed by atoms with van der Waals surface area (Å²) in [7, 11) is 0. The molecule has 0 amide bonds. The Kier molecular flexibility index (Phi) is 6.73. The third kappa shape index (κ3) is 4.32. The van der Waals surface area contributed by atoms with Crippen LogP contribution in [0.2, 0.25) is 0 Å². The molecule has 0 fully saturated rings. The molecular formula is C14H19N. The maximum absolute atomic E-state index is 3.93. The van der Waals surface area contributed by atoms with E-state index >= 15 is 0 Å².